The minimum Gasteiger partial charge on any atom is -0.295 e. The molecule has 92 valence electrons. The van der Waals surface area contributed by atoms with Gasteiger partial charge in [-0.15, -0.1) is 0 Å². The molecule has 0 aromatic heterocycles. The second-order valence-corrected chi connectivity index (χ2v) is 4.24. The molecule has 1 aromatic carbocycles. The van der Waals surface area contributed by atoms with Crippen molar-refractivity contribution in [3.8, 4) is 0 Å². The van der Waals surface area contributed by atoms with Crippen molar-refractivity contribution in [1.29, 1.82) is 0 Å². The minimum atomic E-state index is -3.46. The smallest absolute Gasteiger partial charge is 0.295 e. The number of carbonyl (C=O) groups is 1. The van der Waals surface area contributed by atoms with E-state index in [2.05, 4.69) is 0 Å². The first kappa shape index (κ1) is 13.8. The van der Waals surface area contributed by atoms with Crippen molar-refractivity contribution < 1.29 is 13.6 Å². The zero-order valence-electron chi connectivity index (χ0n) is 9.42. The fourth-order valence-electron chi connectivity index (χ4n) is 1.46. The molecule has 0 aliphatic carbocycles. The molecule has 0 amide bonds. The van der Waals surface area contributed by atoms with E-state index in [4.69, 9.17) is 11.6 Å². The van der Waals surface area contributed by atoms with Gasteiger partial charge in [0.1, 0.15) is 0 Å². The SMILES string of the molecule is CC(=O)/C=C(\CCc1ccccc1)C(F)(F)Cl. The Hall–Kier alpha value is -1.22. The molecule has 0 saturated carbocycles. The van der Waals surface area contributed by atoms with E-state index in [1.807, 2.05) is 30.3 Å². The molecule has 1 nitrogen and oxygen atoms in total. The molecular formula is C13H13ClF2O. The van der Waals surface area contributed by atoms with E-state index >= 15 is 0 Å². The highest BCUT2D eigenvalue weighted by molar-refractivity contribution is 6.23. The van der Waals surface area contributed by atoms with Crippen molar-refractivity contribution >= 4 is 17.4 Å². The summed E-state index contributed by atoms with van der Waals surface area (Å²) in [6.45, 7) is 1.23. The Morgan fingerprint density at radius 2 is 1.94 bits per heavy atom. The molecule has 0 bridgehead atoms. The quantitative estimate of drug-likeness (QED) is 0.577. The van der Waals surface area contributed by atoms with Gasteiger partial charge in [-0.1, -0.05) is 30.3 Å². The molecule has 0 aliphatic heterocycles. The molecule has 0 saturated heterocycles. The van der Waals surface area contributed by atoms with Crippen LogP contribution in [0, 0.1) is 0 Å². The average molecular weight is 259 g/mol. The fraction of sp³-hybridized carbons (Fsp3) is 0.308. The molecule has 0 fully saturated rings. The van der Waals surface area contributed by atoms with E-state index in [9.17, 15) is 13.6 Å². The van der Waals surface area contributed by atoms with E-state index in [0.717, 1.165) is 11.6 Å². The van der Waals surface area contributed by atoms with Gasteiger partial charge in [-0.05, 0) is 43.0 Å². The Bertz CT molecular complexity index is 407. The number of carbonyl (C=O) groups excluding carboxylic acids is 1. The molecule has 17 heavy (non-hydrogen) atoms. The van der Waals surface area contributed by atoms with E-state index < -0.39 is 11.2 Å². The highest BCUT2D eigenvalue weighted by Crippen LogP contribution is 2.31. The molecule has 0 unspecified atom stereocenters. The van der Waals surface area contributed by atoms with Crippen molar-refractivity contribution in [2.75, 3.05) is 0 Å². The zero-order valence-corrected chi connectivity index (χ0v) is 10.2. The third-order valence-electron chi connectivity index (χ3n) is 2.27. The Morgan fingerprint density at radius 1 is 1.35 bits per heavy atom. The first-order valence-electron chi connectivity index (χ1n) is 5.22. The summed E-state index contributed by atoms with van der Waals surface area (Å²) in [4.78, 5) is 10.8. The van der Waals surface area contributed by atoms with Crippen LogP contribution in [0.4, 0.5) is 8.78 Å². The molecule has 0 heterocycles. The maximum absolute atomic E-state index is 13.0. The lowest BCUT2D eigenvalue weighted by molar-refractivity contribution is -0.112. The molecule has 1 aromatic rings. The monoisotopic (exact) mass is 258 g/mol. The molecule has 4 heteroatoms. The maximum Gasteiger partial charge on any atom is 0.344 e. The van der Waals surface area contributed by atoms with Gasteiger partial charge in [0.05, 0.1) is 0 Å². The normalized spacial score (nSPS) is 12.6. The number of hydrogen-bond donors (Lipinski definition) is 0. The van der Waals surface area contributed by atoms with Gasteiger partial charge in [-0.3, -0.25) is 4.79 Å². The number of halogens is 3. The Kier molecular flexibility index (Phi) is 4.82. The van der Waals surface area contributed by atoms with Crippen LogP contribution < -0.4 is 0 Å². The third kappa shape index (κ3) is 5.09. The molecule has 0 radical (unpaired) electrons. The largest absolute Gasteiger partial charge is 0.344 e. The summed E-state index contributed by atoms with van der Waals surface area (Å²) in [6.07, 6.45) is 1.41. The van der Waals surface area contributed by atoms with Gasteiger partial charge in [0, 0.05) is 5.57 Å². The summed E-state index contributed by atoms with van der Waals surface area (Å²) < 4.78 is 26.0. The molecule has 1 rings (SSSR count). The van der Waals surface area contributed by atoms with Crippen LogP contribution in [0.1, 0.15) is 18.9 Å². The number of allylic oxidation sites excluding steroid dienone is 2. The second kappa shape index (κ2) is 5.92. The summed E-state index contributed by atoms with van der Waals surface area (Å²) in [5, 5.41) is -3.46. The summed E-state index contributed by atoms with van der Waals surface area (Å²) >= 11 is 4.96. The molecule has 0 aliphatic rings. The summed E-state index contributed by atoms with van der Waals surface area (Å²) in [5.41, 5.74) is 0.596. The van der Waals surface area contributed by atoms with Crippen LogP contribution in [-0.4, -0.2) is 11.2 Å². The molecule has 0 N–H and O–H groups in total. The molecule has 0 spiro atoms. The van der Waals surface area contributed by atoms with Crippen molar-refractivity contribution in [1.82, 2.24) is 0 Å². The van der Waals surface area contributed by atoms with E-state index in [1.54, 1.807) is 0 Å². The number of aryl methyl sites for hydroxylation is 1. The molecular weight excluding hydrogens is 246 g/mol. The van der Waals surface area contributed by atoms with Crippen LogP contribution in [-0.2, 0) is 11.2 Å². The topological polar surface area (TPSA) is 17.1 Å². The van der Waals surface area contributed by atoms with Crippen LogP contribution in [0.5, 0.6) is 0 Å². The number of benzene rings is 1. The number of alkyl halides is 3. The highest BCUT2D eigenvalue weighted by Gasteiger charge is 2.30. The highest BCUT2D eigenvalue weighted by atomic mass is 35.5. The number of ketones is 1. The summed E-state index contributed by atoms with van der Waals surface area (Å²) in [5.74, 6) is -0.423. The average Bonchev–Trinajstić information content (AvgIpc) is 2.23. The first-order valence-corrected chi connectivity index (χ1v) is 5.59. The second-order valence-electron chi connectivity index (χ2n) is 3.76. The van der Waals surface area contributed by atoms with Gasteiger partial charge in [-0.2, -0.15) is 8.78 Å². The fourth-order valence-corrected chi connectivity index (χ4v) is 1.61. The summed E-state index contributed by atoms with van der Waals surface area (Å²) in [7, 11) is 0. The van der Waals surface area contributed by atoms with Gasteiger partial charge in [0.2, 0.25) is 0 Å². The van der Waals surface area contributed by atoms with Crippen molar-refractivity contribution in [2.45, 2.75) is 25.1 Å². The first-order chi connectivity index (χ1) is 7.89. The van der Waals surface area contributed by atoms with Gasteiger partial charge in [-0.25, -0.2) is 0 Å². The van der Waals surface area contributed by atoms with Crippen LogP contribution in [0.25, 0.3) is 0 Å². The predicted molar refractivity (Wildman–Crippen MR) is 64.3 cm³/mol. The van der Waals surface area contributed by atoms with Gasteiger partial charge >= 0.3 is 5.38 Å². The van der Waals surface area contributed by atoms with Crippen molar-refractivity contribution in [3.63, 3.8) is 0 Å². The lowest BCUT2D eigenvalue weighted by Gasteiger charge is -2.12. The third-order valence-corrected chi connectivity index (χ3v) is 2.51. The Balaban J connectivity index is 2.73. The van der Waals surface area contributed by atoms with Gasteiger partial charge in [0.15, 0.2) is 5.78 Å². The lowest BCUT2D eigenvalue weighted by atomic mass is 10.0. The van der Waals surface area contributed by atoms with Gasteiger partial charge < -0.3 is 0 Å². The van der Waals surface area contributed by atoms with Crippen molar-refractivity contribution in [2.24, 2.45) is 0 Å². The van der Waals surface area contributed by atoms with Crippen LogP contribution in [0.3, 0.4) is 0 Å². The van der Waals surface area contributed by atoms with Crippen LogP contribution >= 0.6 is 11.6 Å². The summed E-state index contributed by atoms with van der Waals surface area (Å²) in [6, 6.07) is 9.21. The lowest BCUT2D eigenvalue weighted by Crippen LogP contribution is -2.12. The minimum absolute atomic E-state index is 0.0695. The standard InChI is InChI=1S/C13H13ClF2O/c1-10(17)9-12(13(14,15)16)8-7-11-5-3-2-4-6-11/h2-6,9H,7-8H2,1H3/b12-9+. The number of rotatable bonds is 5. The number of hydrogen-bond acceptors (Lipinski definition) is 1. The predicted octanol–water partition coefficient (Wildman–Crippen LogP) is 3.97. The van der Waals surface area contributed by atoms with E-state index in [-0.39, 0.29) is 12.0 Å². The van der Waals surface area contributed by atoms with E-state index in [0.29, 0.717) is 6.42 Å². The van der Waals surface area contributed by atoms with Crippen molar-refractivity contribution in [3.05, 3.63) is 47.5 Å². The Morgan fingerprint density at radius 3 is 2.41 bits per heavy atom. The molecule has 0 atom stereocenters. The van der Waals surface area contributed by atoms with Crippen LogP contribution in [0.15, 0.2) is 42.0 Å². The van der Waals surface area contributed by atoms with E-state index in [1.165, 1.54) is 6.92 Å². The van der Waals surface area contributed by atoms with Gasteiger partial charge in [0.25, 0.3) is 0 Å². The van der Waals surface area contributed by atoms with Crippen LogP contribution in [0.2, 0.25) is 0 Å². The Labute approximate surface area is 104 Å². The zero-order chi connectivity index (χ0) is 12.9. The maximum atomic E-state index is 13.0.